The Labute approximate surface area is 199 Å². The Kier molecular flexibility index (Phi) is 9.16. The van der Waals surface area contributed by atoms with Crippen molar-refractivity contribution < 1.29 is 35.8 Å². The molecule has 5 N–H and O–H groups in total. The van der Waals surface area contributed by atoms with Crippen molar-refractivity contribution in [3.8, 4) is 0 Å². The van der Waals surface area contributed by atoms with Crippen LogP contribution in [0.2, 0.25) is 0 Å². The van der Waals surface area contributed by atoms with Crippen LogP contribution in [0.4, 0.5) is 21.5 Å². The number of nitrogens with one attached hydrogen (secondary N) is 1. The molecule has 3 rings (SSSR count). The maximum absolute atomic E-state index is 12.7. The van der Waals surface area contributed by atoms with E-state index in [2.05, 4.69) is 5.32 Å². The first-order valence-electron chi connectivity index (χ1n) is 9.79. The van der Waals surface area contributed by atoms with Crippen molar-refractivity contribution >= 4 is 37.1 Å². The second-order valence-corrected chi connectivity index (χ2v) is 10.5. The molecule has 0 bridgehead atoms. The summed E-state index contributed by atoms with van der Waals surface area (Å²) in [5, 5.41) is 34.0. The van der Waals surface area contributed by atoms with Gasteiger partial charge < -0.3 is 10.1 Å². The minimum absolute atomic E-state index is 0.272. The van der Waals surface area contributed by atoms with Crippen LogP contribution < -0.4 is 15.6 Å². The summed E-state index contributed by atoms with van der Waals surface area (Å²) in [7, 11) is -8.01. The van der Waals surface area contributed by atoms with Crippen molar-refractivity contribution in [1.29, 1.82) is 0 Å². The number of halogens is 1. The summed E-state index contributed by atoms with van der Waals surface area (Å²) in [6.07, 6.45) is 1.80. The average Bonchev–Trinajstić information content (AvgIpc) is 2.77. The Morgan fingerprint density at radius 2 is 1.40 bits per heavy atom. The van der Waals surface area contributed by atoms with E-state index in [-0.39, 0.29) is 10.6 Å². The Morgan fingerprint density at radius 3 is 1.89 bits per heavy atom. The molecular formula is C18H22FN5O9S2. The predicted octanol–water partition coefficient (Wildman–Crippen LogP) is 1.46. The molecule has 0 atom stereocenters. The third-order valence-corrected chi connectivity index (χ3v) is 6.68. The molecule has 0 aromatic heterocycles. The molecule has 0 aliphatic carbocycles. The van der Waals surface area contributed by atoms with E-state index >= 15 is 0 Å². The van der Waals surface area contributed by atoms with Crippen LogP contribution in [0, 0.1) is 32.0 Å². The number of sulfonamides is 2. The van der Waals surface area contributed by atoms with Crippen molar-refractivity contribution in [3.63, 3.8) is 0 Å². The molecule has 2 aromatic carbocycles. The number of hydrogen-bond donors (Lipinski definition) is 3. The number of nitrogens with two attached hydrogens (primary N) is 2. The molecule has 0 spiro atoms. The van der Waals surface area contributed by atoms with Gasteiger partial charge in [0.2, 0.25) is 25.9 Å². The first kappa shape index (κ1) is 28.0. The lowest BCUT2D eigenvalue weighted by molar-refractivity contribution is -0.387. The summed E-state index contributed by atoms with van der Waals surface area (Å²) in [5.74, 6) is -0.723. The largest absolute Gasteiger partial charge is 0.381 e. The maximum atomic E-state index is 12.7. The van der Waals surface area contributed by atoms with Gasteiger partial charge in [0.25, 0.3) is 5.69 Å². The molecule has 17 heteroatoms. The quantitative estimate of drug-likeness (QED) is 0.341. The van der Waals surface area contributed by atoms with E-state index < -0.39 is 46.3 Å². The van der Waals surface area contributed by atoms with Gasteiger partial charge in [-0.1, -0.05) is 0 Å². The van der Waals surface area contributed by atoms with E-state index in [1.165, 1.54) is 12.1 Å². The van der Waals surface area contributed by atoms with Crippen molar-refractivity contribution in [2.24, 2.45) is 16.2 Å². The highest BCUT2D eigenvalue weighted by molar-refractivity contribution is 7.89. The topological polar surface area (TPSA) is 228 Å². The van der Waals surface area contributed by atoms with E-state index in [1.807, 2.05) is 0 Å². The normalized spacial score (nSPS) is 14.5. The van der Waals surface area contributed by atoms with Gasteiger partial charge in [-0.15, -0.1) is 0 Å². The molecule has 1 aliphatic rings. The number of benzene rings is 2. The van der Waals surface area contributed by atoms with Gasteiger partial charge in [0, 0.05) is 31.9 Å². The summed E-state index contributed by atoms with van der Waals surface area (Å²) < 4.78 is 62.0. The monoisotopic (exact) mass is 535 g/mol. The van der Waals surface area contributed by atoms with Crippen LogP contribution in [0.25, 0.3) is 0 Å². The van der Waals surface area contributed by atoms with Crippen LogP contribution >= 0.6 is 0 Å². The fraction of sp³-hybridized carbons (Fsp3) is 0.333. The van der Waals surface area contributed by atoms with Crippen molar-refractivity contribution in [2.45, 2.75) is 22.6 Å². The molecule has 1 fully saturated rings. The summed E-state index contributed by atoms with van der Waals surface area (Å²) in [6.45, 7) is 1.97. The minimum Gasteiger partial charge on any atom is -0.381 e. The number of rotatable bonds is 7. The van der Waals surface area contributed by atoms with E-state index in [0.717, 1.165) is 25.0 Å². The van der Waals surface area contributed by atoms with Crippen LogP contribution in [0.5, 0.6) is 0 Å². The summed E-state index contributed by atoms with van der Waals surface area (Å²) in [4.78, 5) is 18.9. The second-order valence-electron chi connectivity index (χ2n) is 7.33. The molecule has 0 radical (unpaired) electrons. The maximum Gasteiger partial charge on any atom is 0.306 e. The predicted molar refractivity (Wildman–Crippen MR) is 121 cm³/mol. The highest BCUT2D eigenvalue weighted by Crippen LogP contribution is 2.28. The Bertz CT molecular complexity index is 1310. The van der Waals surface area contributed by atoms with E-state index in [4.69, 9.17) is 15.0 Å². The molecule has 192 valence electrons. The highest BCUT2D eigenvalue weighted by Gasteiger charge is 2.21. The Balaban J connectivity index is 0.000000269. The lowest BCUT2D eigenvalue weighted by Crippen LogP contribution is -2.23. The molecule has 1 aliphatic heterocycles. The molecule has 0 unspecified atom stereocenters. The number of ether oxygens (including phenoxy) is 1. The van der Waals surface area contributed by atoms with E-state index in [9.17, 15) is 41.5 Å². The van der Waals surface area contributed by atoms with Gasteiger partial charge >= 0.3 is 5.69 Å². The van der Waals surface area contributed by atoms with Gasteiger partial charge in [0.1, 0.15) is 5.69 Å². The van der Waals surface area contributed by atoms with Crippen molar-refractivity contribution in [2.75, 3.05) is 25.1 Å². The number of hydrogen-bond acceptors (Lipinski definition) is 10. The van der Waals surface area contributed by atoms with Crippen molar-refractivity contribution in [3.05, 3.63) is 62.4 Å². The smallest absolute Gasteiger partial charge is 0.306 e. The molecule has 14 nitrogen and oxygen atoms in total. The zero-order valence-electron chi connectivity index (χ0n) is 18.0. The Hall–Kier alpha value is -3.25. The van der Waals surface area contributed by atoms with Crippen LogP contribution in [0.15, 0.2) is 46.2 Å². The van der Waals surface area contributed by atoms with E-state index in [0.29, 0.717) is 43.5 Å². The van der Waals surface area contributed by atoms with Crippen molar-refractivity contribution in [1.82, 2.24) is 0 Å². The van der Waals surface area contributed by atoms with Crippen LogP contribution in [-0.4, -0.2) is 46.4 Å². The molecular weight excluding hydrogens is 513 g/mol. The number of primary sulfonamides is 2. The van der Waals surface area contributed by atoms with Gasteiger partial charge in [-0.3, -0.25) is 20.2 Å². The minimum atomic E-state index is -4.05. The summed E-state index contributed by atoms with van der Waals surface area (Å²) in [6, 6.07) is 5.72. The molecule has 0 amide bonds. The molecule has 1 heterocycles. The first-order valence-corrected chi connectivity index (χ1v) is 12.9. The first-order chi connectivity index (χ1) is 16.2. The van der Waals surface area contributed by atoms with Crippen LogP contribution in [-0.2, 0) is 24.8 Å². The number of nitro groups is 2. The SMILES string of the molecule is NS(=O)(=O)c1ccc(F)c([N+](=O)[O-])c1.NS(=O)(=O)c1ccc(NCC2CCOCC2)c([N+](=O)[O-])c1. The molecule has 2 aromatic rings. The summed E-state index contributed by atoms with van der Waals surface area (Å²) >= 11 is 0. The molecule has 1 saturated heterocycles. The fourth-order valence-electron chi connectivity index (χ4n) is 3.00. The number of anilines is 1. The fourth-order valence-corrected chi connectivity index (χ4v) is 4.07. The Morgan fingerprint density at radius 1 is 0.914 bits per heavy atom. The van der Waals surface area contributed by atoms with E-state index in [1.54, 1.807) is 0 Å². The van der Waals surface area contributed by atoms with Crippen LogP contribution in [0.1, 0.15) is 12.8 Å². The number of nitro benzene ring substituents is 2. The van der Waals surface area contributed by atoms with Gasteiger partial charge in [-0.25, -0.2) is 27.1 Å². The summed E-state index contributed by atoms with van der Waals surface area (Å²) in [5.41, 5.74) is -0.927. The molecule has 35 heavy (non-hydrogen) atoms. The highest BCUT2D eigenvalue weighted by atomic mass is 32.2. The van der Waals surface area contributed by atoms with Gasteiger partial charge in [-0.2, -0.15) is 4.39 Å². The van der Waals surface area contributed by atoms with Gasteiger partial charge in [-0.05, 0) is 43.0 Å². The second kappa shape index (κ2) is 11.5. The molecule has 0 saturated carbocycles. The zero-order valence-corrected chi connectivity index (χ0v) is 19.6. The lowest BCUT2D eigenvalue weighted by Gasteiger charge is -2.22. The third-order valence-electron chi connectivity index (χ3n) is 4.86. The zero-order chi connectivity index (χ0) is 26.4. The third kappa shape index (κ3) is 8.18. The average molecular weight is 536 g/mol. The number of nitrogens with zero attached hydrogens (tertiary/aromatic N) is 2. The van der Waals surface area contributed by atoms with Gasteiger partial charge in [0.15, 0.2) is 0 Å². The lowest BCUT2D eigenvalue weighted by atomic mass is 10.0. The van der Waals surface area contributed by atoms with Crippen LogP contribution in [0.3, 0.4) is 0 Å². The standard InChI is InChI=1S/C12H17N3O5S.C6H5FN2O4S/c13-21(18,19)10-1-2-11(12(7-10)15(16)17)14-8-9-3-5-20-6-4-9;7-5-2-1-4(14(8,12)13)3-6(5)9(10)11/h1-2,7,9,14H,3-6,8H2,(H2,13,18,19);1-3H,(H2,8,12,13). The van der Waals surface area contributed by atoms with Gasteiger partial charge in [0.05, 0.1) is 19.6 Å².